The molecule has 300 valence electrons. The number of nitrogens with two attached hydrogens (primary N) is 1. The lowest BCUT2D eigenvalue weighted by molar-refractivity contribution is -0.161. The van der Waals surface area contributed by atoms with Crippen molar-refractivity contribution in [2.45, 2.75) is 161 Å². The van der Waals surface area contributed by atoms with Crippen molar-refractivity contribution >= 4 is 19.8 Å². The Morgan fingerprint density at radius 3 is 1.79 bits per heavy atom. The van der Waals surface area contributed by atoms with Crippen LogP contribution in [0.3, 0.4) is 0 Å². The summed E-state index contributed by atoms with van der Waals surface area (Å²) in [4.78, 5) is 34.7. The van der Waals surface area contributed by atoms with Gasteiger partial charge in [0.15, 0.2) is 6.10 Å². The molecule has 0 aliphatic rings. The molecular formula is C41H72NO9P. The van der Waals surface area contributed by atoms with Gasteiger partial charge in [-0.1, -0.05) is 152 Å². The Balaban J connectivity index is 4.32. The molecule has 0 aromatic rings. The number of phosphoric ester groups is 1. The highest BCUT2D eigenvalue weighted by Gasteiger charge is 2.25. The highest BCUT2D eigenvalue weighted by molar-refractivity contribution is 7.47. The van der Waals surface area contributed by atoms with Crippen LogP contribution >= 0.6 is 7.82 Å². The molecule has 0 fully saturated rings. The van der Waals surface area contributed by atoms with Crippen LogP contribution in [0, 0.1) is 0 Å². The first-order chi connectivity index (χ1) is 25.2. The Bertz CT molecular complexity index is 1060. The van der Waals surface area contributed by atoms with E-state index in [1.807, 2.05) is 31.2 Å². The molecule has 0 heterocycles. The number of unbranched alkanes of at least 4 members (excludes halogenated alkanes) is 13. The summed E-state index contributed by atoms with van der Waals surface area (Å²) in [6, 6.07) is 0. The highest BCUT2D eigenvalue weighted by Crippen LogP contribution is 2.43. The minimum absolute atomic E-state index is 0.0387. The molecule has 3 atom stereocenters. The van der Waals surface area contributed by atoms with Gasteiger partial charge in [0.1, 0.15) is 6.61 Å². The zero-order chi connectivity index (χ0) is 38.4. The number of hydrogen-bond donors (Lipinski definition) is 3. The molecule has 52 heavy (non-hydrogen) atoms. The summed E-state index contributed by atoms with van der Waals surface area (Å²) in [5.74, 6) is -0.919. The molecule has 11 heteroatoms. The van der Waals surface area contributed by atoms with Gasteiger partial charge < -0.3 is 25.2 Å². The third-order valence-electron chi connectivity index (χ3n) is 8.08. The van der Waals surface area contributed by atoms with Gasteiger partial charge in [0.05, 0.1) is 19.3 Å². The molecule has 4 N–H and O–H groups in total. The molecule has 0 spiro atoms. The Morgan fingerprint density at radius 2 is 1.21 bits per heavy atom. The van der Waals surface area contributed by atoms with Gasteiger partial charge in [0.2, 0.25) is 0 Å². The van der Waals surface area contributed by atoms with Crippen molar-refractivity contribution < 1.29 is 42.7 Å². The van der Waals surface area contributed by atoms with Crippen molar-refractivity contribution in [1.29, 1.82) is 0 Å². The number of carbonyl (C=O) groups excluding carboxylic acids is 2. The first-order valence-electron chi connectivity index (χ1n) is 19.9. The molecular weight excluding hydrogens is 681 g/mol. The SMILES string of the molecule is CCCCCCCCCCCCCCCC(=O)O[C@H](COC(=O)CCC/C=C\C/C=C\C/C=C\C/C=C\C=C\[C@@H](O)CC)COP(=O)(O)OCCN. The first kappa shape index (κ1) is 49.7. The second-order valence-electron chi connectivity index (χ2n) is 13.0. The molecule has 0 saturated carbocycles. The van der Waals surface area contributed by atoms with E-state index in [1.54, 1.807) is 6.08 Å². The molecule has 1 unspecified atom stereocenters. The summed E-state index contributed by atoms with van der Waals surface area (Å²) in [6.45, 7) is 3.31. The number of phosphoric acid groups is 1. The van der Waals surface area contributed by atoms with Crippen LogP contribution in [0.25, 0.3) is 0 Å². The van der Waals surface area contributed by atoms with Crippen LogP contribution in [0.1, 0.15) is 149 Å². The maximum Gasteiger partial charge on any atom is 0.472 e. The number of allylic oxidation sites excluding steroid dienone is 9. The van der Waals surface area contributed by atoms with Gasteiger partial charge in [-0.25, -0.2) is 4.57 Å². The number of esters is 2. The summed E-state index contributed by atoms with van der Waals surface area (Å²) in [5.41, 5.74) is 5.33. The first-order valence-corrected chi connectivity index (χ1v) is 21.4. The van der Waals surface area contributed by atoms with E-state index in [2.05, 4.69) is 37.3 Å². The van der Waals surface area contributed by atoms with Gasteiger partial charge >= 0.3 is 19.8 Å². The Hall–Kier alpha value is -2.33. The predicted molar refractivity (Wildman–Crippen MR) is 212 cm³/mol. The maximum atomic E-state index is 12.5. The van der Waals surface area contributed by atoms with Gasteiger partial charge in [0, 0.05) is 19.4 Å². The van der Waals surface area contributed by atoms with Crippen molar-refractivity contribution in [3.8, 4) is 0 Å². The Kier molecular flexibility index (Phi) is 35.3. The van der Waals surface area contributed by atoms with E-state index in [-0.39, 0.29) is 38.7 Å². The number of aliphatic hydroxyl groups is 1. The zero-order valence-corrected chi connectivity index (χ0v) is 33.3. The zero-order valence-electron chi connectivity index (χ0n) is 32.4. The smallest absolute Gasteiger partial charge is 0.462 e. The molecule has 0 radical (unpaired) electrons. The Morgan fingerprint density at radius 1 is 0.673 bits per heavy atom. The number of carbonyl (C=O) groups is 2. The van der Waals surface area contributed by atoms with Crippen molar-refractivity contribution in [1.82, 2.24) is 0 Å². The van der Waals surface area contributed by atoms with Crippen molar-refractivity contribution in [2.24, 2.45) is 5.73 Å². The van der Waals surface area contributed by atoms with Crippen LogP contribution in [0.5, 0.6) is 0 Å². The van der Waals surface area contributed by atoms with E-state index in [0.29, 0.717) is 25.7 Å². The van der Waals surface area contributed by atoms with Crippen LogP contribution < -0.4 is 5.73 Å². The third-order valence-corrected chi connectivity index (χ3v) is 9.06. The van der Waals surface area contributed by atoms with E-state index < -0.39 is 32.5 Å². The lowest BCUT2D eigenvalue weighted by Gasteiger charge is -2.19. The number of ether oxygens (including phenoxy) is 2. The Labute approximate surface area is 315 Å². The highest BCUT2D eigenvalue weighted by atomic mass is 31.2. The fourth-order valence-electron chi connectivity index (χ4n) is 4.97. The number of aliphatic hydroxyl groups excluding tert-OH is 1. The average Bonchev–Trinajstić information content (AvgIpc) is 3.13. The van der Waals surface area contributed by atoms with E-state index in [9.17, 15) is 24.2 Å². The lowest BCUT2D eigenvalue weighted by atomic mass is 10.0. The van der Waals surface area contributed by atoms with E-state index >= 15 is 0 Å². The van der Waals surface area contributed by atoms with Gasteiger partial charge in [-0.15, -0.1) is 0 Å². The average molecular weight is 754 g/mol. The third kappa shape index (κ3) is 36.0. The molecule has 10 nitrogen and oxygen atoms in total. The van der Waals surface area contributed by atoms with Crippen molar-refractivity contribution in [3.63, 3.8) is 0 Å². The summed E-state index contributed by atoms with van der Waals surface area (Å²) in [6.07, 6.45) is 39.2. The van der Waals surface area contributed by atoms with Gasteiger partial charge in [-0.2, -0.15) is 0 Å². The second kappa shape index (κ2) is 37.0. The van der Waals surface area contributed by atoms with Crippen LogP contribution in [0.15, 0.2) is 60.8 Å². The van der Waals surface area contributed by atoms with Crippen molar-refractivity contribution in [2.75, 3.05) is 26.4 Å². The molecule has 0 bridgehead atoms. The summed E-state index contributed by atoms with van der Waals surface area (Å²) >= 11 is 0. The van der Waals surface area contributed by atoms with E-state index in [4.69, 9.17) is 24.3 Å². The topological polar surface area (TPSA) is 155 Å². The number of rotatable bonds is 36. The molecule has 0 saturated heterocycles. The van der Waals surface area contributed by atoms with Gasteiger partial charge in [0.25, 0.3) is 0 Å². The van der Waals surface area contributed by atoms with Gasteiger partial charge in [-0.05, 0) is 44.9 Å². The quantitative estimate of drug-likeness (QED) is 0.0185. The molecule has 0 aromatic carbocycles. The minimum Gasteiger partial charge on any atom is -0.462 e. The molecule has 0 aromatic heterocycles. The number of hydrogen-bond acceptors (Lipinski definition) is 9. The summed E-state index contributed by atoms with van der Waals surface area (Å²) in [5, 5.41) is 9.46. The largest absolute Gasteiger partial charge is 0.472 e. The van der Waals surface area contributed by atoms with E-state index in [1.165, 1.54) is 57.8 Å². The standard InChI is InChI=1S/C41H72NO9P/c1-3-5-6-7-8-9-10-13-18-21-24-27-30-33-41(45)51-39(37-50-52(46,47)49-35-34-42)36-48-40(44)32-29-26-23-20-17-15-12-11-14-16-19-22-25-28-31-38(43)4-2/h12,14-16,20,22-23,25,28,31,38-39,43H,3-11,13,17-19,21,24,26-27,29-30,32-37,42H2,1-2H3,(H,46,47)/b15-12-,16-14-,23-20-,25-22-,31-28+/t38-,39+/m0/s1. The second-order valence-corrected chi connectivity index (χ2v) is 14.4. The van der Waals surface area contributed by atoms with Crippen molar-refractivity contribution in [3.05, 3.63) is 60.8 Å². The molecule has 0 aliphatic carbocycles. The van der Waals surface area contributed by atoms with E-state index in [0.717, 1.165) is 38.5 Å². The van der Waals surface area contributed by atoms with Crippen LogP contribution in [-0.2, 0) is 32.7 Å². The van der Waals surface area contributed by atoms with Gasteiger partial charge in [-0.3, -0.25) is 18.6 Å². The fourth-order valence-corrected chi connectivity index (χ4v) is 5.74. The normalized spacial score (nSPS) is 14.6. The molecule has 0 aliphatic heterocycles. The van der Waals surface area contributed by atoms with Crippen LogP contribution in [0.4, 0.5) is 0 Å². The lowest BCUT2D eigenvalue weighted by Crippen LogP contribution is -2.29. The monoisotopic (exact) mass is 753 g/mol. The predicted octanol–water partition coefficient (Wildman–Crippen LogP) is 9.91. The van der Waals surface area contributed by atoms with Crippen LogP contribution in [0.2, 0.25) is 0 Å². The van der Waals surface area contributed by atoms with Crippen LogP contribution in [-0.4, -0.2) is 60.5 Å². The summed E-state index contributed by atoms with van der Waals surface area (Å²) in [7, 11) is -4.39. The minimum atomic E-state index is -4.39. The fraction of sp³-hybridized carbons (Fsp3) is 0.707. The summed E-state index contributed by atoms with van der Waals surface area (Å²) < 4.78 is 32.6. The maximum absolute atomic E-state index is 12.5. The molecule has 0 amide bonds. The molecule has 0 rings (SSSR count).